The van der Waals surface area contributed by atoms with Crippen LogP contribution >= 0.6 is 0 Å². The molecule has 92 valence electrons. The van der Waals surface area contributed by atoms with Gasteiger partial charge in [0.05, 0.1) is 12.1 Å². The van der Waals surface area contributed by atoms with E-state index >= 15 is 0 Å². The molecule has 2 aliphatic heterocycles. The van der Waals surface area contributed by atoms with Gasteiger partial charge in [0.25, 0.3) is 0 Å². The molecule has 0 aromatic carbocycles. The summed E-state index contributed by atoms with van der Waals surface area (Å²) in [5.74, 6) is 0.528. The van der Waals surface area contributed by atoms with Gasteiger partial charge in [-0.05, 0) is 45.1 Å². The normalized spacial score (nSPS) is 34.5. The fourth-order valence-electron chi connectivity index (χ4n) is 2.76. The van der Waals surface area contributed by atoms with Crippen LogP contribution < -0.4 is 5.32 Å². The summed E-state index contributed by atoms with van der Waals surface area (Å²) >= 11 is 0. The standard InChI is InChI=1S/C12H22N2O2/c1-9(15)10-5-7-14(8-10)11-4-2-3-6-13-12(11)16/h9-11,15H,2-8H2,1H3,(H,13,16). The van der Waals surface area contributed by atoms with Crippen molar-refractivity contribution in [2.45, 2.75) is 44.8 Å². The van der Waals surface area contributed by atoms with Crippen LogP contribution in [-0.2, 0) is 4.79 Å². The molecule has 1 amide bonds. The van der Waals surface area contributed by atoms with Crippen LogP contribution in [0.4, 0.5) is 0 Å². The summed E-state index contributed by atoms with van der Waals surface area (Å²) in [6.45, 7) is 4.49. The van der Waals surface area contributed by atoms with Gasteiger partial charge in [-0.25, -0.2) is 0 Å². The zero-order valence-electron chi connectivity index (χ0n) is 9.98. The first-order valence-electron chi connectivity index (χ1n) is 6.38. The van der Waals surface area contributed by atoms with Crippen molar-refractivity contribution in [3.63, 3.8) is 0 Å². The lowest BCUT2D eigenvalue weighted by atomic mass is 10.0. The van der Waals surface area contributed by atoms with E-state index in [1.165, 1.54) is 0 Å². The Morgan fingerprint density at radius 1 is 1.44 bits per heavy atom. The molecule has 2 heterocycles. The van der Waals surface area contributed by atoms with Gasteiger partial charge in [-0.1, -0.05) is 0 Å². The Kier molecular flexibility index (Phi) is 3.82. The summed E-state index contributed by atoms with van der Waals surface area (Å²) in [6, 6.07) is 0.0475. The highest BCUT2D eigenvalue weighted by Crippen LogP contribution is 2.24. The lowest BCUT2D eigenvalue weighted by molar-refractivity contribution is -0.125. The molecule has 0 aromatic rings. The molecule has 16 heavy (non-hydrogen) atoms. The largest absolute Gasteiger partial charge is 0.393 e. The van der Waals surface area contributed by atoms with Gasteiger partial charge in [0.15, 0.2) is 0 Å². The van der Waals surface area contributed by atoms with Crippen molar-refractivity contribution >= 4 is 5.91 Å². The van der Waals surface area contributed by atoms with Crippen LogP contribution in [0.5, 0.6) is 0 Å². The van der Waals surface area contributed by atoms with Crippen LogP contribution in [0.1, 0.15) is 32.6 Å². The highest BCUT2D eigenvalue weighted by molar-refractivity contribution is 5.81. The molecule has 3 unspecified atom stereocenters. The van der Waals surface area contributed by atoms with Crippen LogP contribution in [-0.4, -0.2) is 47.7 Å². The first-order valence-corrected chi connectivity index (χ1v) is 6.38. The molecule has 0 radical (unpaired) electrons. The molecule has 0 spiro atoms. The molecule has 2 N–H and O–H groups in total. The van der Waals surface area contributed by atoms with E-state index in [1.54, 1.807) is 0 Å². The topological polar surface area (TPSA) is 52.6 Å². The lowest BCUT2D eigenvalue weighted by Gasteiger charge is -2.25. The van der Waals surface area contributed by atoms with E-state index in [9.17, 15) is 9.90 Å². The van der Waals surface area contributed by atoms with Gasteiger partial charge in [-0.15, -0.1) is 0 Å². The van der Waals surface area contributed by atoms with Gasteiger partial charge < -0.3 is 10.4 Å². The third-order valence-electron chi connectivity index (χ3n) is 3.89. The van der Waals surface area contributed by atoms with E-state index < -0.39 is 0 Å². The van der Waals surface area contributed by atoms with Crippen LogP contribution in [0.25, 0.3) is 0 Å². The van der Waals surface area contributed by atoms with E-state index in [0.29, 0.717) is 5.92 Å². The number of nitrogens with zero attached hydrogens (tertiary/aromatic N) is 1. The molecule has 3 atom stereocenters. The van der Waals surface area contributed by atoms with Crippen LogP contribution in [0.3, 0.4) is 0 Å². The molecular weight excluding hydrogens is 204 g/mol. The third kappa shape index (κ3) is 2.55. The maximum absolute atomic E-state index is 11.9. The van der Waals surface area contributed by atoms with E-state index in [-0.39, 0.29) is 18.1 Å². The number of aliphatic hydroxyl groups excluding tert-OH is 1. The fraction of sp³-hybridized carbons (Fsp3) is 0.917. The highest BCUT2D eigenvalue weighted by atomic mass is 16.3. The quantitative estimate of drug-likeness (QED) is 0.715. The minimum Gasteiger partial charge on any atom is -0.393 e. The molecular formula is C12H22N2O2. The molecule has 2 rings (SSSR count). The molecule has 2 aliphatic rings. The van der Waals surface area contributed by atoms with Gasteiger partial charge in [0.2, 0.25) is 5.91 Å². The number of amides is 1. The average Bonchev–Trinajstić information content (AvgIpc) is 2.63. The molecule has 0 aliphatic carbocycles. The zero-order chi connectivity index (χ0) is 11.5. The summed E-state index contributed by atoms with van der Waals surface area (Å²) in [5, 5.41) is 12.5. The second-order valence-electron chi connectivity index (χ2n) is 5.09. The van der Waals surface area contributed by atoms with Gasteiger partial charge in [-0.3, -0.25) is 9.69 Å². The van der Waals surface area contributed by atoms with Crippen LogP contribution in [0.2, 0.25) is 0 Å². The van der Waals surface area contributed by atoms with Crippen molar-refractivity contribution in [1.29, 1.82) is 0 Å². The third-order valence-corrected chi connectivity index (χ3v) is 3.89. The van der Waals surface area contributed by atoms with Crippen molar-refractivity contribution in [1.82, 2.24) is 10.2 Å². The van der Waals surface area contributed by atoms with Gasteiger partial charge in [0.1, 0.15) is 0 Å². The van der Waals surface area contributed by atoms with Gasteiger partial charge in [0, 0.05) is 13.1 Å². The predicted octanol–water partition coefficient (Wildman–Crippen LogP) is 0.358. The first-order chi connectivity index (χ1) is 7.68. The predicted molar refractivity (Wildman–Crippen MR) is 62.0 cm³/mol. The monoisotopic (exact) mass is 226 g/mol. The van der Waals surface area contributed by atoms with Gasteiger partial charge >= 0.3 is 0 Å². The second-order valence-corrected chi connectivity index (χ2v) is 5.09. The lowest BCUT2D eigenvalue weighted by Crippen LogP contribution is -2.45. The van der Waals surface area contributed by atoms with Crippen molar-refractivity contribution in [2.24, 2.45) is 5.92 Å². The molecule has 4 nitrogen and oxygen atoms in total. The second kappa shape index (κ2) is 5.15. The number of nitrogens with one attached hydrogen (secondary N) is 1. The Morgan fingerprint density at radius 2 is 2.25 bits per heavy atom. The van der Waals surface area contributed by atoms with Crippen molar-refractivity contribution in [3.05, 3.63) is 0 Å². The first kappa shape index (κ1) is 11.9. The summed E-state index contributed by atoms with van der Waals surface area (Å²) in [5.41, 5.74) is 0. The SMILES string of the molecule is CC(O)C1CCN(C2CCCCNC2=O)C1. The molecule has 0 bridgehead atoms. The van der Waals surface area contributed by atoms with E-state index in [4.69, 9.17) is 0 Å². The summed E-state index contributed by atoms with van der Waals surface area (Å²) < 4.78 is 0. The minimum absolute atomic E-state index is 0.0475. The Balaban J connectivity index is 1.94. The smallest absolute Gasteiger partial charge is 0.237 e. The molecule has 0 aromatic heterocycles. The Labute approximate surface area is 97.0 Å². The van der Waals surface area contributed by atoms with E-state index in [0.717, 1.165) is 45.3 Å². The highest BCUT2D eigenvalue weighted by Gasteiger charge is 2.34. The van der Waals surface area contributed by atoms with Crippen molar-refractivity contribution < 1.29 is 9.90 Å². The van der Waals surface area contributed by atoms with Crippen LogP contribution in [0.15, 0.2) is 0 Å². The summed E-state index contributed by atoms with van der Waals surface area (Å²) in [7, 11) is 0. The number of hydrogen-bond donors (Lipinski definition) is 2. The summed E-state index contributed by atoms with van der Waals surface area (Å²) in [6.07, 6.45) is 3.95. The molecule has 2 saturated heterocycles. The molecule has 4 heteroatoms. The Bertz CT molecular complexity index is 255. The number of carbonyl (C=O) groups excluding carboxylic acids is 1. The average molecular weight is 226 g/mol. The molecule has 0 saturated carbocycles. The molecule has 2 fully saturated rings. The number of carbonyl (C=O) groups is 1. The maximum Gasteiger partial charge on any atom is 0.237 e. The van der Waals surface area contributed by atoms with Crippen molar-refractivity contribution in [2.75, 3.05) is 19.6 Å². The Hall–Kier alpha value is -0.610. The number of rotatable bonds is 2. The fourth-order valence-corrected chi connectivity index (χ4v) is 2.76. The van der Waals surface area contributed by atoms with Gasteiger partial charge in [-0.2, -0.15) is 0 Å². The maximum atomic E-state index is 11.9. The number of hydrogen-bond acceptors (Lipinski definition) is 3. The van der Waals surface area contributed by atoms with Crippen molar-refractivity contribution in [3.8, 4) is 0 Å². The summed E-state index contributed by atoms with van der Waals surface area (Å²) in [4.78, 5) is 14.1. The minimum atomic E-state index is -0.251. The van der Waals surface area contributed by atoms with E-state index in [2.05, 4.69) is 10.2 Å². The van der Waals surface area contributed by atoms with Crippen LogP contribution in [0, 0.1) is 5.92 Å². The zero-order valence-corrected chi connectivity index (χ0v) is 9.98. The Morgan fingerprint density at radius 3 is 2.94 bits per heavy atom. The van der Waals surface area contributed by atoms with E-state index in [1.807, 2.05) is 6.92 Å². The number of aliphatic hydroxyl groups is 1. The number of likely N-dealkylation sites (tertiary alicyclic amines) is 1.